The highest BCUT2D eigenvalue weighted by Crippen LogP contribution is 2.30. The summed E-state index contributed by atoms with van der Waals surface area (Å²) >= 11 is 0. The van der Waals surface area contributed by atoms with Gasteiger partial charge >= 0.3 is 0 Å². The molecule has 0 bridgehead atoms. The number of benzene rings is 1. The van der Waals surface area contributed by atoms with Crippen molar-refractivity contribution in [3.05, 3.63) is 53.6 Å². The molecule has 1 fully saturated rings. The van der Waals surface area contributed by atoms with Crippen molar-refractivity contribution >= 4 is 11.7 Å². The smallest absolute Gasteiger partial charge is 0.280 e. The van der Waals surface area contributed by atoms with Crippen molar-refractivity contribution in [2.75, 3.05) is 19.7 Å². The molecule has 7 nitrogen and oxygen atoms in total. The molecule has 3 heterocycles. The fourth-order valence-electron chi connectivity index (χ4n) is 3.93. The molecule has 0 saturated carbocycles. The van der Waals surface area contributed by atoms with Crippen LogP contribution in [0.3, 0.4) is 0 Å². The van der Waals surface area contributed by atoms with Crippen molar-refractivity contribution in [2.45, 2.75) is 51.4 Å². The maximum Gasteiger partial charge on any atom is 0.280 e. The minimum absolute atomic E-state index is 0.0101. The first-order valence-corrected chi connectivity index (χ1v) is 10.7. The largest absolute Gasteiger partial charge is 0.484 e. The number of rotatable bonds is 5. The van der Waals surface area contributed by atoms with Crippen LogP contribution in [-0.2, 0) is 10.2 Å². The Hall–Kier alpha value is -3.10. The van der Waals surface area contributed by atoms with Gasteiger partial charge in [0.05, 0.1) is 0 Å². The van der Waals surface area contributed by atoms with Gasteiger partial charge in [0.25, 0.3) is 18.1 Å². The normalized spacial score (nSPS) is 15.5. The minimum atomic E-state index is -2.67. The summed E-state index contributed by atoms with van der Waals surface area (Å²) in [4.78, 5) is 22.7. The number of halogens is 2. The average Bonchev–Trinajstić information content (AvgIpc) is 3.25. The highest BCUT2D eigenvalue weighted by molar-refractivity contribution is 5.77. The molecule has 1 aliphatic rings. The molecule has 2 aromatic heterocycles. The Morgan fingerprint density at radius 2 is 1.88 bits per heavy atom. The van der Waals surface area contributed by atoms with Gasteiger partial charge in [-0.1, -0.05) is 32.9 Å². The van der Waals surface area contributed by atoms with Crippen LogP contribution in [0.4, 0.5) is 8.78 Å². The fourth-order valence-corrected chi connectivity index (χ4v) is 3.93. The van der Waals surface area contributed by atoms with Gasteiger partial charge in [-0.2, -0.15) is 14.6 Å². The van der Waals surface area contributed by atoms with Crippen LogP contribution in [0.5, 0.6) is 5.75 Å². The zero-order valence-corrected chi connectivity index (χ0v) is 18.5. The summed E-state index contributed by atoms with van der Waals surface area (Å²) in [6.45, 7) is 7.45. The molecule has 0 N–H and O–H groups in total. The summed E-state index contributed by atoms with van der Waals surface area (Å²) in [6.07, 6.45) is -0.161. The van der Waals surface area contributed by atoms with Crippen LogP contribution in [0.2, 0.25) is 0 Å². The lowest BCUT2D eigenvalue weighted by Crippen LogP contribution is -2.40. The number of ether oxygens (including phenoxy) is 1. The monoisotopic (exact) mass is 443 g/mol. The molecular weight excluding hydrogens is 416 g/mol. The summed E-state index contributed by atoms with van der Waals surface area (Å²) < 4.78 is 33.6. The molecule has 32 heavy (non-hydrogen) atoms. The van der Waals surface area contributed by atoms with Crippen molar-refractivity contribution < 1.29 is 18.3 Å². The van der Waals surface area contributed by atoms with E-state index in [0.717, 1.165) is 4.52 Å². The van der Waals surface area contributed by atoms with Crippen molar-refractivity contribution in [3.8, 4) is 5.75 Å². The number of nitrogens with zero attached hydrogens (tertiary/aromatic N) is 5. The van der Waals surface area contributed by atoms with Gasteiger partial charge in [0, 0.05) is 24.7 Å². The number of amides is 1. The van der Waals surface area contributed by atoms with E-state index in [1.165, 1.54) is 18.0 Å². The second-order valence-electron chi connectivity index (χ2n) is 9.10. The highest BCUT2D eigenvalue weighted by atomic mass is 19.3. The van der Waals surface area contributed by atoms with Crippen LogP contribution in [0, 0.1) is 0 Å². The average molecular weight is 443 g/mol. The SMILES string of the molecule is CC(C)(C)c1ccc(OCC(=O)N2CCC(c3cc(C(F)F)n4ncnc4n3)CC2)cc1. The van der Waals surface area contributed by atoms with Crippen molar-refractivity contribution in [3.63, 3.8) is 0 Å². The second-order valence-corrected chi connectivity index (χ2v) is 9.10. The Balaban J connectivity index is 1.33. The number of piperidine rings is 1. The first-order chi connectivity index (χ1) is 15.2. The molecular formula is C23H27F2N5O2. The first kappa shape index (κ1) is 22.1. The van der Waals surface area contributed by atoms with E-state index in [9.17, 15) is 13.6 Å². The molecule has 0 aliphatic carbocycles. The summed E-state index contributed by atoms with van der Waals surface area (Å²) in [7, 11) is 0. The molecule has 4 rings (SSSR count). The summed E-state index contributed by atoms with van der Waals surface area (Å²) in [5.74, 6) is 0.732. The van der Waals surface area contributed by atoms with Gasteiger partial charge in [-0.05, 0) is 42.0 Å². The third kappa shape index (κ3) is 4.71. The summed E-state index contributed by atoms with van der Waals surface area (Å²) in [5, 5.41) is 3.82. The molecule has 0 unspecified atom stereocenters. The molecule has 1 aliphatic heterocycles. The Morgan fingerprint density at radius 3 is 2.50 bits per heavy atom. The molecule has 170 valence electrons. The van der Waals surface area contributed by atoms with Gasteiger partial charge in [-0.15, -0.1) is 0 Å². The van der Waals surface area contributed by atoms with Gasteiger partial charge < -0.3 is 9.64 Å². The maximum absolute atomic E-state index is 13.4. The van der Waals surface area contributed by atoms with Crippen LogP contribution < -0.4 is 4.74 Å². The van der Waals surface area contributed by atoms with E-state index in [0.29, 0.717) is 37.4 Å². The van der Waals surface area contributed by atoms with E-state index in [-0.39, 0.29) is 35.3 Å². The molecule has 1 amide bonds. The van der Waals surface area contributed by atoms with E-state index in [2.05, 4.69) is 35.8 Å². The predicted molar refractivity (Wildman–Crippen MR) is 115 cm³/mol. The molecule has 3 aromatic rings. The Kier molecular flexibility index (Phi) is 6.08. The zero-order valence-electron chi connectivity index (χ0n) is 18.5. The van der Waals surface area contributed by atoms with E-state index < -0.39 is 6.43 Å². The number of fused-ring (bicyclic) bond motifs is 1. The van der Waals surface area contributed by atoms with Crippen molar-refractivity contribution in [2.24, 2.45) is 0 Å². The van der Waals surface area contributed by atoms with Crippen LogP contribution in [0.15, 0.2) is 36.7 Å². The predicted octanol–water partition coefficient (Wildman–Crippen LogP) is 4.14. The van der Waals surface area contributed by atoms with Gasteiger partial charge in [0.15, 0.2) is 6.61 Å². The Morgan fingerprint density at radius 1 is 1.19 bits per heavy atom. The van der Waals surface area contributed by atoms with E-state index >= 15 is 0 Å². The van der Waals surface area contributed by atoms with Crippen molar-refractivity contribution in [1.82, 2.24) is 24.5 Å². The molecule has 0 spiro atoms. The fraction of sp³-hybridized carbons (Fsp3) is 0.478. The highest BCUT2D eigenvalue weighted by Gasteiger charge is 2.27. The van der Waals surface area contributed by atoms with Crippen LogP contribution >= 0.6 is 0 Å². The minimum Gasteiger partial charge on any atom is -0.484 e. The van der Waals surface area contributed by atoms with E-state index in [1.54, 1.807) is 4.90 Å². The second kappa shape index (κ2) is 8.80. The molecule has 0 radical (unpaired) electrons. The van der Waals surface area contributed by atoms with Crippen LogP contribution in [0.1, 0.15) is 62.9 Å². The quantitative estimate of drug-likeness (QED) is 0.593. The number of hydrogen-bond acceptors (Lipinski definition) is 5. The van der Waals surface area contributed by atoms with Gasteiger partial charge in [0.2, 0.25) is 0 Å². The maximum atomic E-state index is 13.4. The Bertz CT molecular complexity index is 1080. The molecule has 1 aromatic carbocycles. The molecule has 0 atom stereocenters. The number of carbonyl (C=O) groups excluding carboxylic acids is 1. The summed E-state index contributed by atoms with van der Waals surface area (Å²) in [5.41, 5.74) is 1.61. The topological polar surface area (TPSA) is 72.6 Å². The van der Waals surface area contributed by atoms with Gasteiger partial charge in [-0.25, -0.2) is 13.8 Å². The molecule has 1 saturated heterocycles. The third-order valence-electron chi connectivity index (χ3n) is 5.87. The zero-order chi connectivity index (χ0) is 22.9. The number of likely N-dealkylation sites (tertiary alicyclic amines) is 1. The first-order valence-electron chi connectivity index (χ1n) is 10.7. The summed E-state index contributed by atoms with van der Waals surface area (Å²) in [6, 6.07) is 9.19. The lowest BCUT2D eigenvalue weighted by atomic mass is 9.87. The standard InChI is InChI=1S/C23H27F2N5O2/c1-23(2,3)16-4-6-17(7-5-16)32-13-20(31)29-10-8-15(9-11-29)18-12-19(21(24)25)30-22(28-18)26-14-27-30/h4-7,12,14-15,21H,8-11,13H2,1-3H3. The number of hydrogen-bond donors (Lipinski definition) is 0. The van der Waals surface area contributed by atoms with E-state index in [1.807, 2.05) is 24.3 Å². The number of carbonyl (C=O) groups is 1. The lowest BCUT2D eigenvalue weighted by molar-refractivity contribution is -0.134. The van der Waals surface area contributed by atoms with Crippen LogP contribution in [-0.4, -0.2) is 50.1 Å². The van der Waals surface area contributed by atoms with E-state index in [4.69, 9.17) is 4.74 Å². The Labute approximate surface area is 185 Å². The molecule has 9 heteroatoms. The lowest BCUT2D eigenvalue weighted by Gasteiger charge is -2.31. The number of alkyl halides is 2. The van der Waals surface area contributed by atoms with Gasteiger partial charge in [-0.3, -0.25) is 4.79 Å². The van der Waals surface area contributed by atoms with Crippen LogP contribution in [0.25, 0.3) is 5.78 Å². The third-order valence-corrected chi connectivity index (χ3v) is 5.87. The van der Waals surface area contributed by atoms with Crippen molar-refractivity contribution in [1.29, 1.82) is 0 Å². The number of aromatic nitrogens is 4. The van der Waals surface area contributed by atoms with Gasteiger partial charge in [0.1, 0.15) is 17.8 Å².